The molecule has 4 nitrogen and oxygen atoms in total. The van der Waals surface area contributed by atoms with Crippen molar-refractivity contribution in [3.8, 4) is 0 Å². The van der Waals surface area contributed by atoms with E-state index >= 15 is 0 Å². The SMILES string of the molecule is NCC(c1ccncc1)N1CCCC(CO)C1. The van der Waals surface area contributed by atoms with E-state index in [9.17, 15) is 5.11 Å². The van der Waals surface area contributed by atoms with Crippen molar-refractivity contribution in [3.63, 3.8) is 0 Å². The van der Waals surface area contributed by atoms with Gasteiger partial charge in [-0.25, -0.2) is 0 Å². The van der Waals surface area contributed by atoms with E-state index in [1.807, 2.05) is 24.5 Å². The zero-order valence-electron chi connectivity index (χ0n) is 10.1. The predicted octanol–water partition coefficient (Wildman–Crippen LogP) is 0.786. The largest absolute Gasteiger partial charge is 0.396 e. The van der Waals surface area contributed by atoms with Crippen LogP contribution in [-0.2, 0) is 0 Å². The van der Waals surface area contributed by atoms with Gasteiger partial charge >= 0.3 is 0 Å². The van der Waals surface area contributed by atoms with E-state index in [4.69, 9.17) is 5.73 Å². The monoisotopic (exact) mass is 235 g/mol. The number of aliphatic hydroxyl groups excluding tert-OH is 1. The van der Waals surface area contributed by atoms with Crippen LogP contribution in [0.2, 0.25) is 0 Å². The number of nitrogens with zero attached hydrogens (tertiary/aromatic N) is 2. The molecule has 2 heterocycles. The molecule has 2 rings (SSSR count). The minimum atomic E-state index is 0.257. The van der Waals surface area contributed by atoms with Crippen LogP contribution in [0.1, 0.15) is 24.4 Å². The molecule has 0 aliphatic carbocycles. The van der Waals surface area contributed by atoms with Crippen molar-refractivity contribution in [1.29, 1.82) is 0 Å². The molecule has 1 saturated heterocycles. The summed E-state index contributed by atoms with van der Waals surface area (Å²) in [4.78, 5) is 6.43. The van der Waals surface area contributed by atoms with E-state index in [1.54, 1.807) is 0 Å². The van der Waals surface area contributed by atoms with Gasteiger partial charge in [0.2, 0.25) is 0 Å². The Hall–Kier alpha value is -0.970. The Morgan fingerprint density at radius 1 is 1.47 bits per heavy atom. The van der Waals surface area contributed by atoms with Crippen molar-refractivity contribution < 1.29 is 5.11 Å². The number of pyridine rings is 1. The third-order valence-electron chi connectivity index (χ3n) is 3.56. The van der Waals surface area contributed by atoms with Gasteiger partial charge in [-0.2, -0.15) is 0 Å². The highest BCUT2D eigenvalue weighted by atomic mass is 16.3. The van der Waals surface area contributed by atoms with Crippen molar-refractivity contribution in [1.82, 2.24) is 9.88 Å². The van der Waals surface area contributed by atoms with Crippen molar-refractivity contribution in [2.45, 2.75) is 18.9 Å². The Labute approximate surface area is 102 Å². The molecule has 17 heavy (non-hydrogen) atoms. The number of likely N-dealkylation sites (tertiary alicyclic amines) is 1. The third-order valence-corrected chi connectivity index (χ3v) is 3.56. The molecule has 1 aromatic rings. The van der Waals surface area contributed by atoms with Gasteiger partial charge in [0.15, 0.2) is 0 Å². The summed E-state index contributed by atoms with van der Waals surface area (Å²) in [6.07, 6.45) is 5.89. The van der Waals surface area contributed by atoms with Crippen LogP contribution < -0.4 is 5.73 Å². The Kier molecular flexibility index (Phi) is 4.48. The van der Waals surface area contributed by atoms with Crippen LogP contribution >= 0.6 is 0 Å². The summed E-state index contributed by atoms with van der Waals surface area (Å²) in [5.41, 5.74) is 7.12. The molecule has 3 N–H and O–H groups in total. The van der Waals surface area contributed by atoms with E-state index < -0.39 is 0 Å². The van der Waals surface area contributed by atoms with Gasteiger partial charge in [0, 0.05) is 38.1 Å². The lowest BCUT2D eigenvalue weighted by molar-refractivity contribution is 0.0900. The zero-order valence-corrected chi connectivity index (χ0v) is 10.1. The molecule has 1 aliphatic rings. The second kappa shape index (κ2) is 6.10. The Balaban J connectivity index is 2.08. The van der Waals surface area contributed by atoms with Gasteiger partial charge in [-0.3, -0.25) is 9.88 Å². The van der Waals surface area contributed by atoms with Crippen LogP contribution in [0.15, 0.2) is 24.5 Å². The van der Waals surface area contributed by atoms with E-state index in [0.29, 0.717) is 12.5 Å². The summed E-state index contributed by atoms with van der Waals surface area (Å²) >= 11 is 0. The lowest BCUT2D eigenvalue weighted by atomic mass is 9.95. The summed E-state index contributed by atoms with van der Waals surface area (Å²) in [6, 6.07) is 4.31. The van der Waals surface area contributed by atoms with Crippen molar-refractivity contribution in [2.24, 2.45) is 11.7 Å². The highest BCUT2D eigenvalue weighted by Crippen LogP contribution is 2.25. The quantitative estimate of drug-likeness (QED) is 0.810. The van der Waals surface area contributed by atoms with Crippen LogP contribution in [0, 0.1) is 5.92 Å². The fourth-order valence-corrected chi connectivity index (χ4v) is 2.61. The molecular formula is C13H21N3O. The number of aliphatic hydroxyl groups is 1. The van der Waals surface area contributed by atoms with Gasteiger partial charge < -0.3 is 10.8 Å². The molecule has 1 aliphatic heterocycles. The Bertz CT molecular complexity index is 331. The summed E-state index contributed by atoms with van der Waals surface area (Å²) < 4.78 is 0. The molecule has 1 fully saturated rings. The normalized spacial score (nSPS) is 23.5. The highest BCUT2D eigenvalue weighted by Gasteiger charge is 2.25. The first-order chi connectivity index (χ1) is 8.35. The first kappa shape index (κ1) is 12.5. The van der Waals surface area contributed by atoms with Gasteiger partial charge in [-0.15, -0.1) is 0 Å². The van der Waals surface area contributed by atoms with Gasteiger partial charge in [-0.05, 0) is 43.0 Å². The minimum Gasteiger partial charge on any atom is -0.396 e. The lowest BCUT2D eigenvalue weighted by Crippen LogP contribution is -2.42. The fourth-order valence-electron chi connectivity index (χ4n) is 2.61. The van der Waals surface area contributed by atoms with Crippen molar-refractivity contribution in [2.75, 3.05) is 26.2 Å². The summed E-state index contributed by atoms with van der Waals surface area (Å²) in [5.74, 6) is 0.402. The van der Waals surface area contributed by atoms with Gasteiger partial charge in [0.1, 0.15) is 0 Å². The minimum absolute atomic E-state index is 0.257. The fraction of sp³-hybridized carbons (Fsp3) is 0.615. The molecule has 0 saturated carbocycles. The van der Waals surface area contributed by atoms with E-state index in [2.05, 4.69) is 9.88 Å². The second-order valence-electron chi connectivity index (χ2n) is 4.72. The van der Waals surface area contributed by atoms with E-state index in [-0.39, 0.29) is 12.6 Å². The molecule has 4 heteroatoms. The molecule has 2 atom stereocenters. The molecule has 0 aromatic carbocycles. The highest BCUT2D eigenvalue weighted by molar-refractivity contribution is 5.15. The number of piperidine rings is 1. The maximum absolute atomic E-state index is 9.27. The Morgan fingerprint density at radius 2 is 2.24 bits per heavy atom. The Morgan fingerprint density at radius 3 is 2.88 bits per heavy atom. The van der Waals surface area contributed by atoms with Gasteiger partial charge in [-0.1, -0.05) is 0 Å². The average Bonchev–Trinajstić information content (AvgIpc) is 2.41. The maximum atomic E-state index is 9.27. The number of hydrogen-bond acceptors (Lipinski definition) is 4. The van der Waals surface area contributed by atoms with Gasteiger partial charge in [0.05, 0.1) is 0 Å². The lowest BCUT2D eigenvalue weighted by Gasteiger charge is -2.37. The smallest absolute Gasteiger partial charge is 0.0471 e. The molecule has 0 radical (unpaired) electrons. The van der Waals surface area contributed by atoms with Crippen LogP contribution in [0.4, 0.5) is 0 Å². The second-order valence-corrected chi connectivity index (χ2v) is 4.72. The zero-order chi connectivity index (χ0) is 12.1. The summed E-state index contributed by atoms with van der Waals surface area (Å²) in [5, 5.41) is 9.27. The first-order valence-corrected chi connectivity index (χ1v) is 6.30. The van der Waals surface area contributed by atoms with Gasteiger partial charge in [0.25, 0.3) is 0 Å². The van der Waals surface area contributed by atoms with Crippen LogP contribution in [0.3, 0.4) is 0 Å². The van der Waals surface area contributed by atoms with Crippen molar-refractivity contribution in [3.05, 3.63) is 30.1 Å². The number of rotatable bonds is 4. The standard InChI is InChI=1S/C13H21N3O/c14-8-13(12-3-5-15-6-4-12)16-7-1-2-11(9-16)10-17/h3-6,11,13,17H,1-2,7-10,14H2. The molecule has 0 bridgehead atoms. The average molecular weight is 235 g/mol. The predicted molar refractivity (Wildman–Crippen MR) is 67.4 cm³/mol. The topological polar surface area (TPSA) is 62.4 Å². The molecule has 0 spiro atoms. The first-order valence-electron chi connectivity index (χ1n) is 6.30. The molecular weight excluding hydrogens is 214 g/mol. The van der Waals surface area contributed by atoms with Crippen LogP contribution in [0.25, 0.3) is 0 Å². The number of nitrogens with two attached hydrogens (primary N) is 1. The number of aromatic nitrogens is 1. The molecule has 1 aromatic heterocycles. The molecule has 0 amide bonds. The third kappa shape index (κ3) is 3.03. The van der Waals surface area contributed by atoms with E-state index in [0.717, 1.165) is 25.9 Å². The van der Waals surface area contributed by atoms with Crippen molar-refractivity contribution >= 4 is 0 Å². The van der Waals surface area contributed by atoms with E-state index in [1.165, 1.54) is 5.56 Å². The summed E-state index contributed by atoms with van der Waals surface area (Å²) in [7, 11) is 0. The van der Waals surface area contributed by atoms with Crippen LogP contribution in [0.5, 0.6) is 0 Å². The number of hydrogen-bond donors (Lipinski definition) is 2. The summed E-state index contributed by atoms with van der Waals surface area (Å²) in [6.45, 7) is 2.91. The maximum Gasteiger partial charge on any atom is 0.0471 e. The van der Waals surface area contributed by atoms with Crippen LogP contribution in [-0.4, -0.2) is 41.2 Å². The molecule has 2 unspecified atom stereocenters. The molecule has 94 valence electrons.